The van der Waals surface area contributed by atoms with Gasteiger partial charge in [-0.05, 0) is 61.6 Å². The Labute approximate surface area is 187 Å². The maximum absolute atomic E-state index is 12.8. The Morgan fingerprint density at radius 1 is 1.25 bits per heavy atom. The van der Waals surface area contributed by atoms with E-state index in [1.54, 1.807) is 6.20 Å². The van der Waals surface area contributed by atoms with E-state index in [0.717, 1.165) is 72.1 Å². The number of anilines is 1. The minimum Gasteiger partial charge on any atom is -0.356 e. The summed E-state index contributed by atoms with van der Waals surface area (Å²) in [6, 6.07) is 4.23. The normalized spacial score (nSPS) is 25.7. The number of aromatic amines is 1. The van der Waals surface area contributed by atoms with Gasteiger partial charge < -0.3 is 10.2 Å². The van der Waals surface area contributed by atoms with Crippen LogP contribution in [-0.2, 0) is 13.0 Å². The van der Waals surface area contributed by atoms with Crippen molar-refractivity contribution in [1.29, 1.82) is 0 Å². The Hall–Kier alpha value is -3.16. The van der Waals surface area contributed by atoms with Gasteiger partial charge in [-0.2, -0.15) is 10.2 Å². The fourth-order valence-electron chi connectivity index (χ4n) is 5.55. The number of pyridine rings is 1. The molecular weight excluding hydrogens is 402 g/mol. The minimum absolute atomic E-state index is 0.0376. The van der Waals surface area contributed by atoms with E-state index in [-0.39, 0.29) is 11.9 Å². The Balaban J connectivity index is 1.10. The molecule has 166 valence electrons. The number of piperidine rings is 1. The van der Waals surface area contributed by atoms with Crippen molar-refractivity contribution in [3.63, 3.8) is 0 Å². The molecule has 1 saturated carbocycles. The van der Waals surface area contributed by atoms with E-state index in [1.165, 1.54) is 5.56 Å². The fraction of sp³-hybridized carbons (Fsp3) is 0.500. The van der Waals surface area contributed by atoms with Gasteiger partial charge >= 0.3 is 0 Å². The molecule has 3 aromatic rings. The summed E-state index contributed by atoms with van der Waals surface area (Å²) in [5, 5.41) is 14.9. The van der Waals surface area contributed by atoms with Crippen LogP contribution in [0.3, 0.4) is 0 Å². The third-order valence-electron chi connectivity index (χ3n) is 7.78. The lowest BCUT2D eigenvalue weighted by atomic mass is 10.2. The van der Waals surface area contributed by atoms with Crippen LogP contribution in [0.15, 0.2) is 24.5 Å². The summed E-state index contributed by atoms with van der Waals surface area (Å²) in [5.74, 6) is 3.58. The number of nitrogens with one attached hydrogen (secondary N) is 2. The van der Waals surface area contributed by atoms with Gasteiger partial charge in [-0.15, -0.1) is 0 Å². The number of carbonyl (C=O) groups is 1. The highest BCUT2D eigenvalue weighted by atomic mass is 16.1. The maximum atomic E-state index is 12.8. The lowest BCUT2D eigenvalue weighted by Crippen LogP contribution is -2.27. The molecule has 0 spiro atoms. The molecule has 4 heterocycles. The minimum atomic E-state index is -0.109. The summed E-state index contributed by atoms with van der Waals surface area (Å²) in [7, 11) is 0. The molecule has 1 saturated heterocycles. The van der Waals surface area contributed by atoms with Crippen molar-refractivity contribution in [1.82, 2.24) is 30.3 Å². The number of amides is 1. The molecule has 8 heteroatoms. The summed E-state index contributed by atoms with van der Waals surface area (Å²) >= 11 is 0. The zero-order valence-electron chi connectivity index (χ0n) is 18.8. The van der Waals surface area contributed by atoms with Gasteiger partial charge in [0.15, 0.2) is 0 Å². The molecule has 2 N–H and O–H groups in total. The van der Waals surface area contributed by atoms with Crippen LogP contribution < -0.4 is 10.2 Å². The molecule has 1 amide bonds. The smallest absolute Gasteiger partial charge is 0.255 e. The first-order valence-corrected chi connectivity index (χ1v) is 11.6. The number of fused-ring (bicyclic) bond motifs is 2. The number of aryl methyl sites for hydroxylation is 2. The molecule has 8 nitrogen and oxygen atoms in total. The molecule has 2 fully saturated rings. The molecule has 0 bridgehead atoms. The van der Waals surface area contributed by atoms with Gasteiger partial charge in [0, 0.05) is 30.7 Å². The molecule has 3 aromatic heterocycles. The van der Waals surface area contributed by atoms with E-state index in [2.05, 4.69) is 51.5 Å². The first-order valence-electron chi connectivity index (χ1n) is 11.6. The van der Waals surface area contributed by atoms with E-state index in [0.29, 0.717) is 12.1 Å². The Kier molecular flexibility index (Phi) is 4.38. The fourth-order valence-corrected chi connectivity index (χ4v) is 5.55. The lowest BCUT2D eigenvalue weighted by Gasteiger charge is -2.21. The van der Waals surface area contributed by atoms with Crippen LogP contribution >= 0.6 is 0 Å². The van der Waals surface area contributed by atoms with E-state index in [1.807, 2.05) is 17.8 Å². The van der Waals surface area contributed by atoms with Gasteiger partial charge in [0.05, 0.1) is 30.0 Å². The van der Waals surface area contributed by atoms with Crippen molar-refractivity contribution in [3.8, 4) is 0 Å². The molecule has 1 aliphatic heterocycles. The van der Waals surface area contributed by atoms with Crippen LogP contribution in [0.2, 0.25) is 0 Å². The van der Waals surface area contributed by atoms with Crippen molar-refractivity contribution in [3.05, 3.63) is 58.3 Å². The number of aromatic nitrogens is 5. The maximum Gasteiger partial charge on any atom is 0.255 e. The van der Waals surface area contributed by atoms with Gasteiger partial charge in [0.2, 0.25) is 0 Å². The molecule has 4 atom stereocenters. The number of nitrogens with zero attached hydrogens (tertiary/aromatic N) is 5. The molecule has 0 unspecified atom stereocenters. The summed E-state index contributed by atoms with van der Waals surface area (Å²) in [6.45, 7) is 9.30. The Morgan fingerprint density at radius 2 is 2.06 bits per heavy atom. The van der Waals surface area contributed by atoms with Crippen LogP contribution in [0.4, 0.5) is 5.82 Å². The van der Waals surface area contributed by atoms with Gasteiger partial charge in [0.25, 0.3) is 5.91 Å². The van der Waals surface area contributed by atoms with Crippen LogP contribution in [0.25, 0.3) is 0 Å². The Morgan fingerprint density at radius 3 is 2.84 bits per heavy atom. The first kappa shape index (κ1) is 19.5. The summed E-state index contributed by atoms with van der Waals surface area (Å²) in [5.41, 5.74) is 6.00. The van der Waals surface area contributed by atoms with Gasteiger partial charge in [-0.25, -0.2) is 4.98 Å². The second-order valence-corrected chi connectivity index (χ2v) is 9.71. The highest BCUT2D eigenvalue weighted by Crippen LogP contribution is 2.51. The van der Waals surface area contributed by atoms with Crippen molar-refractivity contribution in [2.75, 3.05) is 18.0 Å². The topological polar surface area (TPSA) is 91.7 Å². The van der Waals surface area contributed by atoms with Crippen LogP contribution in [0.5, 0.6) is 0 Å². The molecule has 0 aromatic carbocycles. The standard InChI is InChI=1S/C24H29N7O/c1-13-19-11-30(12-20(13)19)22-7-4-16(14(2)26-22)9-31-10-17(8-25-31)24(32)27-21-6-5-18-15(3)28-29-23(18)21/h4,7-8,10,13,19-21H,5-6,9,11-12H2,1-3H3,(H,27,32)(H,28,29)/t13-,19-,20+,21-/m1/s1. The van der Waals surface area contributed by atoms with Crippen LogP contribution in [0, 0.1) is 31.6 Å². The predicted molar refractivity (Wildman–Crippen MR) is 121 cm³/mol. The molecule has 6 rings (SSSR count). The summed E-state index contributed by atoms with van der Waals surface area (Å²) < 4.78 is 1.81. The Bertz CT molecular complexity index is 1180. The monoisotopic (exact) mass is 431 g/mol. The third kappa shape index (κ3) is 3.20. The zero-order chi connectivity index (χ0) is 22.0. The summed E-state index contributed by atoms with van der Waals surface area (Å²) in [4.78, 5) is 20.0. The van der Waals surface area contributed by atoms with Crippen molar-refractivity contribution < 1.29 is 4.79 Å². The zero-order valence-corrected chi connectivity index (χ0v) is 18.8. The number of rotatable bonds is 5. The second kappa shape index (κ2) is 7.18. The molecular formula is C24H29N7O. The number of hydrogen-bond donors (Lipinski definition) is 2. The summed E-state index contributed by atoms with van der Waals surface area (Å²) in [6.07, 6.45) is 5.28. The van der Waals surface area contributed by atoms with E-state index >= 15 is 0 Å². The first-order chi connectivity index (χ1) is 15.5. The highest BCUT2D eigenvalue weighted by Gasteiger charge is 2.52. The molecule has 3 aliphatic rings. The number of carbonyl (C=O) groups excluding carboxylic acids is 1. The van der Waals surface area contributed by atoms with E-state index in [4.69, 9.17) is 4.98 Å². The molecule has 2 aliphatic carbocycles. The number of hydrogen-bond acceptors (Lipinski definition) is 5. The van der Waals surface area contributed by atoms with Crippen molar-refractivity contribution in [2.45, 2.75) is 46.2 Å². The average molecular weight is 432 g/mol. The molecule has 0 radical (unpaired) electrons. The second-order valence-electron chi connectivity index (χ2n) is 9.71. The van der Waals surface area contributed by atoms with Gasteiger partial charge in [0.1, 0.15) is 5.82 Å². The predicted octanol–water partition coefficient (Wildman–Crippen LogP) is 2.79. The highest BCUT2D eigenvalue weighted by molar-refractivity contribution is 5.94. The molecule has 32 heavy (non-hydrogen) atoms. The van der Waals surface area contributed by atoms with Gasteiger partial charge in [-0.1, -0.05) is 13.0 Å². The largest absolute Gasteiger partial charge is 0.356 e. The third-order valence-corrected chi connectivity index (χ3v) is 7.78. The van der Waals surface area contributed by atoms with E-state index < -0.39 is 0 Å². The van der Waals surface area contributed by atoms with Gasteiger partial charge in [-0.3, -0.25) is 14.6 Å². The average Bonchev–Trinajstić information content (AvgIpc) is 3.36. The van der Waals surface area contributed by atoms with Crippen LogP contribution in [0.1, 0.15) is 58.0 Å². The number of H-pyrrole nitrogens is 1. The van der Waals surface area contributed by atoms with Crippen molar-refractivity contribution >= 4 is 11.7 Å². The quantitative estimate of drug-likeness (QED) is 0.648. The SMILES string of the molecule is Cc1nc(N2C[C@@H]3[C@@H](C)[C@@H]3C2)ccc1Cn1cc(C(=O)N[C@@H]2CCc3c2n[nH]c3C)cn1. The van der Waals surface area contributed by atoms with Crippen molar-refractivity contribution in [2.24, 2.45) is 17.8 Å². The lowest BCUT2D eigenvalue weighted by molar-refractivity contribution is 0.0936. The van der Waals surface area contributed by atoms with E-state index in [9.17, 15) is 4.79 Å². The van der Waals surface area contributed by atoms with Crippen LogP contribution in [-0.4, -0.2) is 44.0 Å².